The number of nitrogens with one attached hydrogen (secondary N) is 1. The molecular formula is C21H27N3O2. The Hall–Kier alpha value is -2.82. The third kappa shape index (κ3) is 5.92. The SMILES string of the molecule is CC(=O)N(CCC(=O)Nc1ccc(N(C)C)cc1)Cc1ccc(C)cc1. The summed E-state index contributed by atoms with van der Waals surface area (Å²) in [5.74, 6) is -0.133. The van der Waals surface area contributed by atoms with Crippen LogP contribution in [0.4, 0.5) is 11.4 Å². The van der Waals surface area contributed by atoms with E-state index in [9.17, 15) is 9.59 Å². The Kier molecular flexibility index (Phi) is 6.78. The molecule has 0 spiro atoms. The first-order valence-corrected chi connectivity index (χ1v) is 8.73. The van der Waals surface area contributed by atoms with Crippen LogP contribution in [0, 0.1) is 6.92 Å². The van der Waals surface area contributed by atoms with Gasteiger partial charge in [0.25, 0.3) is 0 Å². The lowest BCUT2D eigenvalue weighted by Gasteiger charge is -2.21. The number of anilines is 2. The molecule has 2 amide bonds. The van der Waals surface area contributed by atoms with Crippen LogP contribution in [0.5, 0.6) is 0 Å². The molecule has 0 atom stereocenters. The second-order valence-electron chi connectivity index (χ2n) is 6.67. The lowest BCUT2D eigenvalue weighted by molar-refractivity contribution is -0.129. The highest BCUT2D eigenvalue weighted by Crippen LogP contribution is 2.16. The van der Waals surface area contributed by atoms with Gasteiger partial charge in [-0.1, -0.05) is 29.8 Å². The van der Waals surface area contributed by atoms with Gasteiger partial charge in [0.1, 0.15) is 0 Å². The summed E-state index contributed by atoms with van der Waals surface area (Å²) in [6.07, 6.45) is 0.265. The number of hydrogen-bond donors (Lipinski definition) is 1. The number of nitrogens with zero attached hydrogens (tertiary/aromatic N) is 2. The van der Waals surface area contributed by atoms with Crippen LogP contribution in [0.25, 0.3) is 0 Å². The van der Waals surface area contributed by atoms with Crippen LogP contribution in [0.15, 0.2) is 48.5 Å². The van der Waals surface area contributed by atoms with Crippen LogP contribution < -0.4 is 10.2 Å². The lowest BCUT2D eigenvalue weighted by Crippen LogP contribution is -2.31. The number of amides is 2. The standard InChI is InChI=1S/C21H27N3O2/c1-16-5-7-18(8-6-16)15-24(17(2)25)14-13-21(26)22-19-9-11-20(12-10-19)23(3)4/h5-12H,13-15H2,1-4H3,(H,22,26). The van der Waals surface area contributed by atoms with E-state index in [0.717, 1.165) is 16.9 Å². The van der Waals surface area contributed by atoms with Crippen LogP contribution in [0.1, 0.15) is 24.5 Å². The van der Waals surface area contributed by atoms with Gasteiger partial charge in [0.2, 0.25) is 11.8 Å². The third-order valence-electron chi connectivity index (χ3n) is 4.22. The summed E-state index contributed by atoms with van der Waals surface area (Å²) in [6, 6.07) is 15.7. The summed E-state index contributed by atoms with van der Waals surface area (Å²) in [5, 5.41) is 2.88. The van der Waals surface area contributed by atoms with Crippen molar-refractivity contribution >= 4 is 23.2 Å². The van der Waals surface area contributed by atoms with Crippen molar-refractivity contribution in [3.63, 3.8) is 0 Å². The maximum atomic E-state index is 12.2. The van der Waals surface area contributed by atoms with E-state index < -0.39 is 0 Å². The predicted octanol–water partition coefficient (Wildman–Crippen LogP) is 3.44. The molecule has 0 aromatic heterocycles. The molecule has 5 nitrogen and oxygen atoms in total. The molecule has 1 N–H and O–H groups in total. The van der Waals surface area contributed by atoms with E-state index in [2.05, 4.69) is 5.32 Å². The van der Waals surface area contributed by atoms with Crippen molar-refractivity contribution in [2.24, 2.45) is 0 Å². The molecule has 5 heteroatoms. The third-order valence-corrected chi connectivity index (χ3v) is 4.22. The Morgan fingerprint density at radius 2 is 1.58 bits per heavy atom. The highest BCUT2D eigenvalue weighted by atomic mass is 16.2. The van der Waals surface area contributed by atoms with Gasteiger partial charge < -0.3 is 15.1 Å². The highest BCUT2D eigenvalue weighted by molar-refractivity contribution is 5.91. The zero-order chi connectivity index (χ0) is 19.1. The average Bonchev–Trinajstić information content (AvgIpc) is 2.60. The van der Waals surface area contributed by atoms with Gasteiger partial charge in [0.05, 0.1) is 0 Å². The normalized spacial score (nSPS) is 10.3. The van der Waals surface area contributed by atoms with Gasteiger partial charge in [-0.3, -0.25) is 9.59 Å². The predicted molar refractivity (Wildman–Crippen MR) is 106 cm³/mol. The smallest absolute Gasteiger partial charge is 0.226 e. The van der Waals surface area contributed by atoms with Gasteiger partial charge in [-0.2, -0.15) is 0 Å². The Bertz CT molecular complexity index is 737. The Morgan fingerprint density at radius 1 is 0.962 bits per heavy atom. The molecule has 0 saturated carbocycles. The van der Waals surface area contributed by atoms with Gasteiger partial charge in [0, 0.05) is 51.9 Å². The van der Waals surface area contributed by atoms with Gasteiger partial charge in [0.15, 0.2) is 0 Å². The molecule has 138 valence electrons. The van der Waals surface area contributed by atoms with Crippen molar-refractivity contribution in [1.82, 2.24) is 4.90 Å². The zero-order valence-corrected chi connectivity index (χ0v) is 16.0. The van der Waals surface area contributed by atoms with Crippen molar-refractivity contribution < 1.29 is 9.59 Å². The van der Waals surface area contributed by atoms with Crippen LogP contribution in [0.2, 0.25) is 0 Å². The zero-order valence-electron chi connectivity index (χ0n) is 16.0. The van der Waals surface area contributed by atoms with E-state index in [4.69, 9.17) is 0 Å². The summed E-state index contributed by atoms with van der Waals surface area (Å²) < 4.78 is 0. The number of hydrogen-bond acceptors (Lipinski definition) is 3. The molecular weight excluding hydrogens is 326 g/mol. The fourth-order valence-corrected chi connectivity index (χ4v) is 2.56. The highest BCUT2D eigenvalue weighted by Gasteiger charge is 2.12. The molecule has 0 fully saturated rings. The minimum Gasteiger partial charge on any atom is -0.378 e. The van der Waals surface area contributed by atoms with E-state index in [0.29, 0.717) is 13.1 Å². The molecule has 0 unspecified atom stereocenters. The second-order valence-corrected chi connectivity index (χ2v) is 6.67. The number of aryl methyl sites for hydroxylation is 1. The van der Waals surface area contributed by atoms with Crippen molar-refractivity contribution in [1.29, 1.82) is 0 Å². The van der Waals surface area contributed by atoms with Crippen LogP contribution in [-0.4, -0.2) is 37.4 Å². The minimum atomic E-state index is -0.0993. The van der Waals surface area contributed by atoms with E-state index in [1.54, 1.807) is 4.90 Å². The Labute approximate surface area is 155 Å². The quantitative estimate of drug-likeness (QED) is 0.830. The fraction of sp³-hybridized carbons (Fsp3) is 0.333. The molecule has 2 aromatic carbocycles. The lowest BCUT2D eigenvalue weighted by atomic mass is 10.1. The Balaban J connectivity index is 1.88. The summed E-state index contributed by atoms with van der Waals surface area (Å²) in [6.45, 7) is 4.47. The summed E-state index contributed by atoms with van der Waals surface area (Å²) >= 11 is 0. The fourth-order valence-electron chi connectivity index (χ4n) is 2.56. The van der Waals surface area contributed by atoms with Crippen molar-refractivity contribution in [2.45, 2.75) is 26.8 Å². The molecule has 26 heavy (non-hydrogen) atoms. The summed E-state index contributed by atoms with van der Waals surface area (Å²) in [5.41, 5.74) is 4.07. The van der Waals surface area contributed by atoms with Crippen molar-refractivity contribution in [3.8, 4) is 0 Å². The molecule has 0 heterocycles. The van der Waals surface area contributed by atoms with Gasteiger partial charge in [-0.25, -0.2) is 0 Å². The monoisotopic (exact) mass is 353 g/mol. The van der Waals surface area contributed by atoms with Crippen LogP contribution >= 0.6 is 0 Å². The number of benzene rings is 2. The van der Waals surface area contributed by atoms with E-state index >= 15 is 0 Å². The molecule has 0 aliphatic heterocycles. The molecule has 0 aliphatic carbocycles. The number of carbonyl (C=O) groups excluding carboxylic acids is 2. The number of rotatable bonds is 7. The van der Waals surface area contributed by atoms with Crippen molar-refractivity contribution in [2.75, 3.05) is 30.9 Å². The van der Waals surface area contributed by atoms with Crippen LogP contribution in [0.3, 0.4) is 0 Å². The first-order valence-electron chi connectivity index (χ1n) is 8.73. The average molecular weight is 353 g/mol. The van der Waals surface area contributed by atoms with E-state index in [1.807, 2.05) is 74.4 Å². The summed E-state index contributed by atoms with van der Waals surface area (Å²) in [7, 11) is 3.94. The molecule has 2 aromatic rings. The molecule has 0 bridgehead atoms. The molecule has 2 rings (SSSR count). The maximum Gasteiger partial charge on any atom is 0.226 e. The van der Waals surface area contributed by atoms with E-state index in [1.165, 1.54) is 12.5 Å². The Morgan fingerprint density at radius 3 is 2.12 bits per heavy atom. The summed E-state index contributed by atoms with van der Waals surface area (Å²) in [4.78, 5) is 27.8. The first-order chi connectivity index (χ1) is 12.3. The number of carbonyl (C=O) groups is 2. The van der Waals surface area contributed by atoms with Crippen molar-refractivity contribution in [3.05, 3.63) is 59.7 Å². The molecule has 0 saturated heterocycles. The second kappa shape index (κ2) is 9.04. The van der Waals surface area contributed by atoms with Gasteiger partial charge in [-0.15, -0.1) is 0 Å². The van der Waals surface area contributed by atoms with Gasteiger partial charge in [-0.05, 0) is 36.8 Å². The topological polar surface area (TPSA) is 52.7 Å². The van der Waals surface area contributed by atoms with Gasteiger partial charge >= 0.3 is 0 Å². The first kappa shape index (κ1) is 19.5. The molecule has 0 radical (unpaired) electrons. The van der Waals surface area contributed by atoms with E-state index in [-0.39, 0.29) is 18.2 Å². The minimum absolute atomic E-state index is 0.0336. The molecule has 0 aliphatic rings. The largest absolute Gasteiger partial charge is 0.378 e. The maximum absolute atomic E-state index is 12.2. The van der Waals surface area contributed by atoms with Crippen LogP contribution in [-0.2, 0) is 16.1 Å².